The minimum Gasteiger partial charge on any atom is -0.476 e. The van der Waals surface area contributed by atoms with Gasteiger partial charge in [-0.05, 0) is 0 Å². The summed E-state index contributed by atoms with van der Waals surface area (Å²) in [6.45, 7) is 1.88. The Bertz CT molecular complexity index is 459. The molecule has 0 radical (unpaired) electrons. The van der Waals surface area contributed by atoms with Gasteiger partial charge in [-0.2, -0.15) is 0 Å². The second kappa shape index (κ2) is 5.41. The summed E-state index contributed by atoms with van der Waals surface area (Å²) in [5.74, 6) is -1.29. The molecule has 0 spiro atoms. The predicted molar refractivity (Wildman–Crippen MR) is 60.4 cm³/mol. The Morgan fingerprint density at radius 1 is 1.28 bits per heavy atom. The van der Waals surface area contributed by atoms with Gasteiger partial charge in [0.25, 0.3) is 0 Å². The Kier molecular flexibility index (Phi) is 3.68. The number of carboxylic acids is 1. The summed E-state index contributed by atoms with van der Waals surface area (Å²) >= 11 is 0. The second-order valence-electron chi connectivity index (χ2n) is 3.59. The van der Waals surface area contributed by atoms with E-state index in [9.17, 15) is 9.59 Å². The molecule has 96 valence electrons. The normalized spacial score (nSPS) is 15.2. The Morgan fingerprint density at radius 2 is 1.94 bits per heavy atom. The smallest absolute Gasteiger partial charge is 0.358 e. The first-order chi connectivity index (χ1) is 8.68. The Balaban J connectivity index is 2.08. The van der Waals surface area contributed by atoms with Crippen molar-refractivity contribution in [2.45, 2.75) is 0 Å². The van der Waals surface area contributed by atoms with Gasteiger partial charge in [0.05, 0.1) is 13.2 Å². The van der Waals surface area contributed by atoms with E-state index in [0.717, 1.165) is 0 Å². The molecule has 8 heteroatoms. The average molecular weight is 252 g/mol. The number of rotatable bonds is 2. The first kappa shape index (κ1) is 12.2. The van der Waals surface area contributed by atoms with Crippen LogP contribution in [0.5, 0.6) is 0 Å². The van der Waals surface area contributed by atoms with Crippen LogP contribution in [0.4, 0.5) is 10.6 Å². The third kappa shape index (κ3) is 2.72. The number of morpholine rings is 1. The number of nitrogens with zero attached hydrogens (tertiary/aromatic N) is 3. The lowest BCUT2D eigenvalue weighted by Crippen LogP contribution is -2.43. The lowest BCUT2D eigenvalue weighted by molar-refractivity contribution is 0.0564. The number of carbonyl (C=O) groups excluding carboxylic acids is 1. The summed E-state index contributed by atoms with van der Waals surface area (Å²) in [6.07, 6.45) is 2.58. The molecule has 2 N–H and O–H groups in total. The molecule has 1 fully saturated rings. The van der Waals surface area contributed by atoms with Crippen LogP contribution in [-0.2, 0) is 4.74 Å². The van der Waals surface area contributed by atoms with Crippen LogP contribution >= 0.6 is 0 Å². The maximum absolute atomic E-state index is 11.8. The van der Waals surface area contributed by atoms with Crippen molar-refractivity contribution < 1.29 is 19.4 Å². The van der Waals surface area contributed by atoms with Crippen molar-refractivity contribution >= 4 is 17.8 Å². The lowest BCUT2D eigenvalue weighted by Gasteiger charge is -2.26. The van der Waals surface area contributed by atoms with Crippen molar-refractivity contribution in [2.24, 2.45) is 0 Å². The van der Waals surface area contributed by atoms with Gasteiger partial charge >= 0.3 is 12.0 Å². The number of urea groups is 1. The van der Waals surface area contributed by atoms with Crippen molar-refractivity contribution in [1.82, 2.24) is 14.9 Å². The number of carboxylic acid groups (broad SMARTS) is 1. The number of hydrogen-bond donors (Lipinski definition) is 2. The van der Waals surface area contributed by atoms with Gasteiger partial charge in [0.15, 0.2) is 11.5 Å². The monoisotopic (exact) mass is 252 g/mol. The van der Waals surface area contributed by atoms with Crippen molar-refractivity contribution in [3.8, 4) is 0 Å². The van der Waals surface area contributed by atoms with E-state index in [1.165, 1.54) is 17.3 Å². The van der Waals surface area contributed by atoms with Gasteiger partial charge in [-0.3, -0.25) is 5.32 Å². The van der Waals surface area contributed by atoms with Gasteiger partial charge < -0.3 is 14.7 Å². The zero-order valence-corrected chi connectivity index (χ0v) is 9.50. The van der Waals surface area contributed by atoms with Crippen molar-refractivity contribution in [3.05, 3.63) is 18.1 Å². The summed E-state index contributed by atoms with van der Waals surface area (Å²) in [6, 6.07) is -0.402. The molecule has 18 heavy (non-hydrogen) atoms. The number of aromatic carboxylic acids is 1. The fourth-order valence-electron chi connectivity index (χ4n) is 1.53. The minimum atomic E-state index is -1.24. The van der Waals surface area contributed by atoms with Crippen LogP contribution in [0.2, 0.25) is 0 Å². The van der Waals surface area contributed by atoms with Crippen LogP contribution in [0, 0.1) is 0 Å². The van der Waals surface area contributed by atoms with Gasteiger partial charge in [-0.25, -0.2) is 19.6 Å². The van der Waals surface area contributed by atoms with Crippen LogP contribution in [0.25, 0.3) is 0 Å². The molecule has 2 amide bonds. The first-order valence-corrected chi connectivity index (χ1v) is 5.36. The van der Waals surface area contributed by atoms with Gasteiger partial charge in [0.1, 0.15) is 0 Å². The zero-order chi connectivity index (χ0) is 13.0. The van der Waals surface area contributed by atoms with Crippen molar-refractivity contribution in [1.29, 1.82) is 0 Å². The van der Waals surface area contributed by atoms with E-state index in [1.54, 1.807) is 0 Å². The molecular formula is C10H12N4O4. The Hall–Kier alpha value is -2.22. The molecule has 0 aromatic carbocycles. The maximum Gasteiger partial charge on any atom is 0.358 e. The van der Waals surface area contributed by atoms with E-state index in [1.807, 2.05) is 0 Å². The van der Waals surface area contributed by atoms with Crippen molar-refractivity contribution in [3.63, 3.8) is 0 Å². The summed E-state index contributed by atoms with van der Waals surface area (Å²) < 4.78 is 5.12. The highest BCUT2D eigenvalue weighted by atomic mass is 16.5. The highest BCUT2D eigenvalue weighted by molar-refractivity contribution is 5.97. The Morgan fingerprint density at radius 3 is 2.61 bits per heavy atom. The van der Waals surface area contributed by atoms with Gasteiger partial charge in [0.2, 0.25) is 0 Å². The van der Waals surface area contributed by atoms with Crippen molar-refractivity contribution in [2.75, 3.05) is 31.6 Å². The van der Waals surface area contributed by atoms with Crippen LogP contribution in [0.15, 0.2) is 12.4 Å². The molecule has 1 aromatic rings. The zero-order valence-electron chi connectivity index (χ0n) is 9.50. The number of anilines is 1. The highest BCUT2D eigenvalue weighted by Crippen LogP contribution is 2.09. The summed E-state index contributed by atoms with van der Waals surface area (Å²) in [7, 11) is 0. The van der Waals surface area contributed by atoms with E-state index >= 15 is 0 Å². The number of aromatic nitrogens is 2. The van der Waals surface area contributed by atoms with E-state index in [0.29, 0.717) is 26.3 Å². The summed E-state index contributed by atoms with van der Waals surface area (Å²) in [4.78, 5) is 31.7. The van der Waals surface area contributed by atoms with Gasteiger partial charge in [0, 0.05) is 25.5 Å². The third-order valence-corrected chi connectivity index (χ3v) is 2.42. The fourth-order valence-corrected chi connectivity index (χ4v) is 1.53. The lowest BCUT2D eigenvalue weighted by atomic mass is 10.4. The molecule has 1 aromatic heterocycles. The van der Waals surface area contributed by atoms with E-state index in [-0.39, 0.29) is 11.5 Å². The van der Waals surface area contributed by atoms with Gasteiger partial charge in [-0.15, -0.1) is 0 Å². The predicted octanol–water partition coefficient (Wildman–Crippen LogP) is 0.0389. The standard InChI is InChI=1S/C10H12N4O4/c15-9(16)7-8(12-2-1-11-7)13-10(17)14-3-5-18-6-4-14/h1-2H,3-6H2,(H,15,16)(H,12,13,17). The molecule has 0 bridgehead atoms. The quantitative estimate of drug-likeness (QED) is 0.770. The van der Waals surface area contributed by atoms with E-state index < -0.39 is 12.0 Å². The molecule has 8 nitrogen and oxygen atoms in total. The third-order valence-electron chi connectivity index (χ3n) is 2.42. The largest absolute Gasteiger partial charge is 0.476 e. The molecule has 0 saturated carbocycles. The second-order valence-corrected chi connectivity index (χ2v) is 3.59. The van der Waals surface area contributed by atoms with Crippen LogP contribution in [0.3, 0.4) is 0 Å². The molecule has 2 heterocycles. The number of nitrogens with one attached hydrogen (secondary N) is 1. The van der Waals surface area contributed by atoms with E-state index in [4.69, 9.17) is 9.84 Å². The highest BCUT2D eigenvalue weighted by Gasteiger charge is 2.20. The first-order valence-electron chi connectivity index (χ1n) is 5.36. The van der Waals surface area contributed by atoms with E-state index in [2.05, 4.69) is 15.3 Å². The number of amides is 2. The molecule has 0 aliphatic carbocycles. The summed E-state index contributed by atoms with van der Waals surface area (Å²) in [5, 5.41) is 11.3. The maximum atomic E-state index is 11.8. The molecule has 1 aliphatic rings. The van der Waals surface area contributed by atoms with Gasteiger partial charge in [-0.1, -0.05) is 0 Å². The molecule has 1 aliphatic heterocycles. The minimum absolute atomic E-state index is 0.0542. The number of carbonyl (C=O) groups is 2. The molecule has 1 saturated heterocycles. The number of hydrogen-bond acceptors (Lipinski definition) is 5. The summed E-state index contributed by atoms with van der Waals surface area (Å²) in [5.41, 5.74) is -0.279. The van der Waals surface area contributed by atoms with Crippen LogP contribution in [-0.4, -0.2) is 58.3 Å². The van der Waals surface area contributed by atoms with Crippen LogP contribution in [0.1, 0.15) is 10.5 Å². The number of ether oxygens (including phenoxy) is 1. The Labute approximate surface area is 103 Å². The topological polar surface area (TPSA) is 105 Å². The van der Waals surface area contributed by atoms with Crippen LogP contribution < -0.4 is 5.32 Å². The molecule has 2 rings (SSSR count). The molecule has 0 atom stereocenters. The molecular weight excluding hydrogens is 240 g/mol. The fraction of sp³-hybridized carbons (Fsp3) is 0.400. The SMILES string of the molecule is O=C(O)c1nccnc1NC(=O)N1CCOCC1. The average Bonchev–Trinajstić information content (AvgIpc) is 2.40. The molecule has 0 unspecified atom stereocenters.